The first-order valence-corrected chi connectivity index (χ1v) is 38.0. The van der Waals surface area contributed by atoms with E-state index in [0.29, 0.717) is 5.75 Å². The summed E-state index contributed by atoms with van der Waals surface area (Å²) in [5, 5.41) is 0. The van der Waals surface area contributed by atoms with Gasteiger partial charge in [-0.3, -0.25) is 0 Å². The van der Waals surface area contributed by atoms with Gasteiger partial charge in [0.1, 0.15) is 54.3 Å². The predicted molar refractivity (Wildman–Crippen MR) is 410 cm³/mol. The molecule has 0 radical (unpaired) electrons. The molecule has 0 bridgehead atoms. The molecule has 568 valence electrons. The molecule has 110 heavy (non-hydrogen) atoms. The molecule has 0 saturated carbocycles. The summed E-state index contributed by atoms with van der Waals surface area (Å²) in [5.74, 6) is -2.59. The molecule has 3 fully saturated rings. The second kappa shape index (κ2) is 40.6. The van der Waals surface area contributed by atoms with Gasteiger partial charge in [-0.05, 0) is 87.7 Å². The molecule has 3 aliphatic heterocycles. The van der Waals surface area contributed by atoms with Gasteiger partial charge in [-0.15, -0.1) is 11.8 Å². The molecule has 10 aromatic rings. The van der Waals surface area contributed by atoms with Crippen LogP contribution in [0.15, 0.2) is 303 Å². The first kappa shape index (κ1) is 78.1. The zero-order valence-electron chi connectivity index (χ0n) is 60.8. The van der Waals surface area contributed by atoms with E-state index in [0.717, 1.165) is 33.4 Å². The summed E-state index contributed by atoms with van der Waals surface area (Å²) >= 11 is 1.29. The predicted octanol–water partition coefficient (Wildman–Crippen LogP) is 15.0. The van der Waals surface area contributed by atoms with Gasteiger partial charge in [0, 0.05) is 0 Å². The number of hydrogen-bond donors (Lipinski definition) is 0. The minimum Gasteiger partial charge on any atom is -0.452 e. The molecule has 0 spiro atoms. The highest BCUT2D eigenvalue weighted by molar-refractivity contribution is 7.99. The Balaban J connectivity index is 0.905. The molecule has 0 aromatic heterocycles. The summed E-state index contributed by atoms with van der Waals surface area (Å²) in [6.45, 7) is 1.61. The molecule has 13 rings (SSSR count). The van der Waals surface area contributed by atoms with Crippen LogP contribution in [0, 0.1) is 0 Å². The van der Waals surface area contributed by atoms with Crippen molar-refractivity contribution in [1.29, 1.82) is 0 Å². The second-order valence-electron chi connectivity index (χ2n) is 26.5. The molecule has 0 aliphatic carbocycles. The molecular formula is C90H88O19S. The van der Waals surface area contributed by atoms with E-state index < -0.39 is 122 Å². The van der Waals surface area contributed by atoms with Crippen LogP contribution in [0.2, 0.25) is 0 Å². The summed E-state index contributed by atoms with van der Waals surface area (Å²) in [5.41, 5.74) is 4.86. The van der Waals surface area contributed by atoms with E-state index in [-0.39, 0.29) is 75.1 Å². The lowest BCUT2D eigenvalue weighted by Gasteiger charge is -2.48. The van der Waals surface area contributed by atoms with Crippen LogP contribution in [0.1, 0.15) is 81.7 Å². The highest BCUT2D eigenvalue weighted by Crippen LogP contribution is 2.39. The van der Waals surface area contributed by atoms with Crippen molar-refractivity contribution in [3.63, 3.8) is 0 Å². The van der Waals surface area contributed by atoms with Crippen molar-refractivity contribution in [2.24, 2.45) is 0 Å². The largest absolute Gasteiger partial charge is 0.452 e. The second-order valence-corrected chi connectivity index (χ2v) is 27.9. The van der Waals surface area contributed by atoms with Crippen molar-refractivity contribution in [2.75, 3.05) is 25.6 Å². The zero-order valence-corrected chi connectivity index (χ0v) is 61.6. The number of rotatable bonds is 35. The Labute approximate surface area is 644 Å². The third kappa shape index (κ3) is 21.7. The van der Waals surface area contributed by atoms with Crippen LogP contribution in [0.4, 0.5) is 0 Å². The fourth-order valence-electron chi connectivity index (χ4n) is 13.2. The lowest BCUT2D eigenvalue weighted by molar-refractivity contribution is -0.352. The van der Waals surface area contributed by atoms with Crippen molar-refractivity contribution >= 4 is 35.6 Å². The Hall–Kier alpha value is -10.0. The van der Waals surface area contributed by atoms with Gasteiger partial charge in [0.05, 0.1) is 81.7 Å². The van der Waals surface area contributed by atoms with Gasteiger partial charge in [-0.1, -0.05) is 262 Å². The molecular weight excluding hydrogens is 1420 g/mol. The van der Waals surface area contributed by atoms with E-state index >= 15 is 0 Å². The summed E-state index contributed by atoms with van der Waals surface area (Å²) in [6, 6.07) is 91.7. The van der Waals surface area contributed by atoms with E-state index in [4.69, 9.17) is 71.1 Å². The van der Waals surface area contributed by atoms with Gasteiger partial charge in [-0.2, -0.15) is 0 Å². The van der Waals surface area contributed by atoms with Gasteiger partial charge in [0.2, 0.25) is 0 Å². The molecule has 3 saturated heterocycles. The molecule has 20 heteroatoms. The number of ether oxygens (including phenoxy) is 15. The maximum absolute atomic E-state index is 14.9. The fraction of sp³-hybridized carbons (Fsp3) is 0.289. The van der Waals surface area contributed by atoms with Gasteiger partial charge in [0.25, 0.3) is 0 Å². The molecule has 19 nitrogen and oxygen atoms in total. The van der Waals surface area contributed by atoms with Gasteiger partial charge in [-0.25, -0.2) is 19.2 Å². The normalized spacial score (nSPS) is 23.8. The van der Waals surface area contributed by atoms with Crippen molar-refractivity contribution in [3.8, 4) is 0 Å². The van der Waals surface area contributed by atoms with E-state index in [2.05, 4.69) is 0 Å². The lowest BCUT2D eigenvalue weighted by atomic mass is 9.96. The summed E-state index contributed by atoms with van der Waals surface area (Å²) in [6.07, 6.45) is -17.4. The minimum absolute atomic E-state index is 0.0287. The van der Waals surface area contributed by atoms with Crippen molar-refractivity contribution in [3.05, 3.63) is 359 Å². The Bertz CT molecular complexity index is 4380. The average molecular weight is 1510 g/mol. The Kier molecular flexibility index (Phi) is 28.8. The maximum atomic E-state index is 14.9. The monoisotopic (exact) mass is 1500 g/mol. The SMILES string of the molecule is CCSC1OC(COC2OC(COC3OC(COCc4ccccc4)C(OCc4ccccc4)C(OCc4ccccc4)C3OC(=O)c3ccccc3)C(OCc3ccccc3)C(OCc3ccccc3)C2OCc2ccccc2)C(OC(=O)c2ccccc2)C(OC(=O)c2ccccc2)C1OC(=O)c1ccccc1. The standard InChI is InChI=1S/C90H88O19S/c1-2-110-90-83(109-87(94)71-51-31-12-32-52-71)80(107-85(92)69-47-27-10-28-48-69)77(106-84(91)68-45-25-9-26-46-68)74(105-90)61-101-88-81(100-58-67-43-23-8-24-44-67)78(98-56-65-39-19-6-20-40-65)76(97-55-64-37-17-5-18-38-64)73(104-88)60-102-89-82(108-86(93)70-49-29-11-30-50-70)79(99-57-66-41-21-7-22-42-66)75(96-54-63-35-15-4-16-36-63)72(103-89)59-95-53-62-33-13-3-14-34-62/h3-52,72-83,88-90H,2,53-61H2,1H3. The molecule has 10 aromatic carbocycles. The summed E-state index contributed by atoms with van der Waals surface area (Å²) in [4.78, 5) is 58.7. The molecule has 3 heterocycles. The summed E-state index contributed by atoms with van der Waals surface area (Å²) < 4.78 is 105. The van der Waals surface area contributed by atoms with E-state index in [1.54, 1.807) is 115 Å². The van der Waals surface area contributed by atoms with Gasteiger partial charge < -0.3 is 71.1 Å². The van der Waals surface area contributed by atoms with Crippen LogP contribution in [0.25, 0.3) is 0 Å². The van der Waals surface area contributed by atoms with Crippen LogP contribution >= 0.6 is 11.8 Å². The molecule has 0 amide bonds. The summed E-state index contributed by atoms with van der Waals surface area (Å²) in [7, 11) is 0. The smallest absolute Gasteiger partial charge is 0.338 e. The van der Waals surface area contributed by atoms with Gasteiger partial charge >= 0.3 is 23.9 Å². The average Bonchev–Trinajstić information content (AvgIpc) is 0.779. The number of carbonyl (C=O) groups is 4. The van der Waals surface area contributed by atoms with Crippen LogP contribution < -0.4 is 0 Å². The Morgan fingerprint density at radius 3 is 0.882 bits per heavy atom. The highest BCUT2D eigenvalue weighted by Gasteiger charge is 2.56. The van der Waals surface area contributed by atoms with Crippen LogP contribution in [0.5, 0.6) is 0 Å². The minimum atomic E-state index is -1.54. The molecule has 15 unspecified atom stereocenters. The first-order chi connectivity index (χ1) is 54.2. The van der Waals surface area contributed by atoms with E-state index in [9.17, 15) is 19.2 Å². The van der Waals surface area contributed by atoms with Crippen LogP contribution in [0.3, 0.4) is 0 Å². The topological polar surface area (TPSA) is 207 Å². The number of thioether (sulfide) groups is 1. The Morgan fingerprint density at radius 2 is 0.527 bits per heavy atom. The van der Waals surface area contributed by atoms with Crippen molar-refractivity contribution in [2.45, 2.75) is 138 Å². The third-order valence-corrected chi connectivity index (χ3v) is 19.8. The number of esters is 4. The first-order valence-electron chi connectivity index (χ1n) is 36.9. The van der Waals surface area contributed by atoms with Gasteiger partial charge in [0.15, 0.2) is 37.0 Å². The third-order valence-electron chi connectivity index (χ3n) is 18.8. The number of hydrogen-bond acceptors (Lipinski definition) is 20. The van der Waals surface area contributed by atoms with E-state index in [1.807, 2.05) is 195 Å². The Morgan fingerprint density at radius 1 is 0.264 bits per heavy atom. The molecule has 0 N–H and O–H groups in total. The van der Waals surface area contributed by atoms with Crippen LogP contribution in [-0.2, 0) is 111 Å². The molecule has 15 atom stereocenters. The van der Waals surface area contributed by atoms with Crippen LogP contribution in [-0.4, -0.2) is 141 Å². The fourth-order valence-corrected chi connectivity index (χ4v) is 14.2. The zero-order chi connectivity index (χ0) is 75.5. The van der Waals surface area contributed by atoms with Crippen molar-refractivity contribution in [1.82, 2.24) is 0 Å². The highest BCUT2D eigenvalue weighted by atomic mass is 32.2. The van der Waals surface area contributed by atoms with E-state index in [1.165, 1.54) is 11.8 Å². The molecule has 3 aliphatic rings. The maximum Gasteiger partial charge on any atom is 0.338 e. The lowest BCUT2D eigenvalue weighted by Crippen LogP contribution is -2.65. The number of carbonyl (C=O) groups excluding carboxylic acids is 4. The quantitative estimate of drug-likeness (QED) is 0.0267. The number of benzene rings is 10. The van der Waals surface area contributed by atoms with Crippen molar-refractivity contribution < 1.29 is 90.2 Å².